The molecule has 0 spiro atoms. The van der Waals surface area contributed by atoms with Crippen molar-refractivity contribution >= 4 is 5.91 Å². The molecule has 3 unspecified atom stereocenters. The summed E-state index contributed by atoms with van der Waals surface area (Å²) in [6, 6.07) is 20.6. The Hall–Kier alpha value is -5.35. The molecule has 0 bridgehead atoms. The predicted molar refractivity (Wildman–Crippen MR) is 328 cm³/mol. The number of nitrogens with one attached hydrogen (secondary N) is 1. The van der Waals surface area contributed by atoms with Gasteiger partial charge in [-0.2, -0.15) is 0 Å². The van der Waals surface area contributed by atoms with E-state index in [4.69, 9.17) is 28.8 Å². The summed E-state index contributed by atoms with van der Waals surface area (Å²) in [5.41, 5.74) is 3.90. The van der Waals surface area contributed by atoms with E-state index in [1.165, 1.54) is 134 Å². The zero-order valence-corrected chi connectivity index (χ0v) is 48.5. The number of aryl methyl sites for hydroxylation is 1. The molecule has 1 amide bonds. The molecule has 1 saturated carbocycles. The van der Waals surface area contributed by atoms with Crippen molar-refractivity contribution in [3.63, 3.8) is 0 Å². The molecule has 3 aliphatic heterocycles. The number of ether oxygens (including phenoxy) is 5. The van der Waals surface area contributed by atoms with E-state index >= 15 is 0 Å². The highest BCUT2D eigenvalue weighted by Crippen LogP contribution is 2.34. The normalized spacial score (nSPS) is 15.8. The van der Waals surface area contributed by atoms with E-state index in [1.54, 1.807) is 42.5 Å². The van der Waals surface area contributed by atoms with Crippen LogP contribution in [0.5, 0.6) is 23.0 Å². The summed E-state index contributed by atoms with van der Waals surface area (Å²) in [5, 5.41) is 21.5. The van der Waals surface area contributed by atoms with E-state index in [0.29, 0.717) is 37.0 Å². The summed E-state index contributed by atoms with van der Waals surface area (Å²) in [6.07, 6.45) is 47.2. The van der Waals surface area contributed by atoms with Gasteiger partial charge >= 0.3 is 0 Å². The molecule has 3 heterocycles. The summed E-state index contributed by atoms with van der Waals surface area (Å²) in [5.74, 6) is 2.71. The van der Waals surface area contributed by atoms with Gasteiger partial charge in [-0.15, -0.1) is 39.5 Å². The number of epoxide rings is 3. The summed E-state index contributed by atoms with van der Waals surface area (Å²) < 4.78 is 25.7. The first-order valence-electron chi connectivity index (χ1n) is 29.8. The van der Waals surface area contributed by atoms with Gasteiger partial charge in [0.05, 0.1) is 51.8 Å². The number of methoxy groups -OCH3 is 1. The van der Waals surface area contributed by atoms with Crippen molar-refractivity contribution in [2.24, 2.45) is 5.92 Å². The minimum absolute atomic E-state index is 0.0729. The van der Waals surface area contributed by atoms with Crippen LogP contribution < -0.4 is 14.8 Å². The standard InChI is InChI=1S/C19H29NO3.C14H18.C12H16O2.C10H18O.C8H14O.C6H10O/c1-3-4-5-6-7-8-9-10-11-19(22)20-15-16-12-13-17(21)18(14-16)23-2;1-2-5-13-6-3-4-7-14(13)11-10-12-8-9-12;1-2-3-4-5-10-14-12-8-6-11(13)7-9-12;1-2-3-4-5-6-7-8-10-9-11-10;1-2-3-4-5-6-8-7-9-8;1-2-3-4-6-5-7-6/h3,12-14,21H,1,4-11,15H2,2H3,(H,20,22);2-4,6-7,12H,1,5,8-11H2;2,6-9,13H,1,3-5,10H2;2,10H,1,3-9H2;2,8H,1,3-7H2;2,6H,1,3-5H2. The Morgan fingerprint density at radius 3 is 1.62 bits per heavy atom. The van der Waals surface area contributed by atoms with Gasteiger partial charge in [-0.1, -0.05) is 131 Å². The average Bonchev–Trinajstić information content (AvgIpc) is 4.22. The molecule has 3 N–H and O–H groups in total. The molecule has 434 valence electrons. The number of rotatable bonds is 38. The fourth-order valence-corrected chi connectivity index (χ4v) is 8.13. The summed E-state index contributed by atoms with van der Waals surface area (Å²) in [7, 11) is 1.51. The minimum atomic E-state index is 0.0729. The lowest BCUT2D eigenvalue weighted by Gasteiger charge is -2.08. The molecule has 0 aromatic heterocycles. The molecule has 3 aromatic carbocycles. The van der Waals surface area contributed by atoms with Crippen molar-refractivity contribution in [1.29, 1.82) is 0 Å². The molecule has 9 nitrogen and oxygen atoms in total. The largest absolute Gasteiger partial charge is 0.508 e. The highest BCUT2D eigenvalue weighted by molar-refractivity contribution is 5.75. The molecule has 7 rings (SSSR count). The van der Waals surface area contributed by atoms with Crippen molar-refractivity contribution in [2.75, 3.05) is 33.5 Å². The molecule has 4 fully saturated rings. The first-order chi connectivity index (χ1) is 38.2. The molecular formula is C69H105NO8. The van der Waals surface area contributed by atoms with Gasteiger partial charge in [-0.05, 0) is 168 Å². The SMILES string of the molecule is C=CCCC1CO1.C=CCCCCC1CO1.C=CCCCCCCC1CO1.C=CCCCCCCCCC(=O)NCc1ccc(O)c(OC)c1.C=CCCCCOc1ccc(O)cc1.C=CCc1ccccc1CCC1CC1. The number of phenolic OH excluding ortho intramolecular Hbond substituents is 2. The number of amides is 1. The van der Waals surface area contributed by atoms with E-state index in [-0.39, 0.29) is 17.4 Å². The fraction of sp³-hybridized carbons (Fsp3) is 0.551. The van der Waals surface area contributed by atoms with Crippen LogP contribution in [0.2, 0.25) is 0 Å². The van der Waals surface area contributed by atoms with Crippen LogP contribution in [0.1, 0.15) is 184 Å². The average molecular weight is 1080 g/mol. The number of benzene rings is 3. The molecule has 3 saturated heterocycles. The highest BCUT2D eigenvalue weighted by atomic mass is 16.6. The molecule has 9 heteroatoms. The number of carbonyl (C=O) groups excluding carboxylic acids is 1. The molecular weight excluding hydrogens is 971 g/mol. The third-order valence-corrected chi connectivity index (χ3v) is 13.5. The number of phenols is 2. The van der Waals surface area contributed by atoms with E-state index in [2.05, 4.69) is 69.1 Å². The number of aromatic hydroxyl groups is 2. The van der Waals surface area contributed by atoms with Crippen LogP contribution in [0, 0.1) is 5.92 Å². The predicted octanol–water partition coefficient (Wildman–Crippen LogP) is 17.6. The zero-order valence-electron chi connectivity index (χ0n) is 48.5. The van der Waals surface area contributed by atoms with Crippen molar-refractivity contribution in [3.8, 4) is 23.0 Å². The maximum Gasteiger partial charge on any atom is 0.220 e. The lowest BCUT2D eigenvalue weighted by Crippen LogP contribution is -2.22. The number of carbonyl (C=O) groups is 1. The van der Waals surface area contributed by atoms with Gasteiger partial charge in [0.25, 0.3) is 0 Å². The lowest BCUT2D eigenvalue weighted by atomic mass is 9.99. The fourth-order valence-electron chi connectivity index (χ4n) is 8.13. The van der Waals surface area contributed by atoms with Crippen LogP contribution in [-0.4, -0.2) is 68.0 Å². The topological polar surface area (TPSA) is 126 Å². The Morgan fingerprint density at radius 1 is 0.577 bits per heavy atom. The molecule has 4 aliphatic rings. The zero-order chi connectivity index (χ0) is 56.5. The maximum atomic E-state index is 11.8. The summed E-state index contributed by atoms with van der Waals surface area (Å²) in [6.45, 7) is 26.3. The Balaban J connectivity index is 0.000000333. The Bertz CT molecular complexity index is 2000. The van der Waals surface area contributed by atoms with Crippen molar-refractivity contribution < 1.29 is 38.7 Å². The second kappa shape index (κ2) is 47.6. The monoisotopic (exact) mass is 1080 g/mol. The molecule has 3 atom stereocenters. The maximum absolute atomic E-state index is 11.8. The number of hydrogen-bond acceptors (Lipinski definition) is 8. The first-order valence-corrected chi connectivity index (χ1v) is 29.8. The Kier molecular flexibility index (Phi) is 42.0. The van der Waals surface area contributed by atoms with E-state index in [0.717, 1.165) is 101 Å². The third kappa shape index (κ3) is 41.7. The van der Waals surface area contributed by atoms with Crippen LogP contribution in [0.15, 0.2) is 143 Å². The van der Waals surface area contributed by atoms with E-state index in [1.807, 2.05) is 36.5 Å². The van der Waals surface area contributed by atoms with Crippen LogP contribution >= 0.6 is 0 Å². The Labute approximate surface area is 474 Å². The quantitative estimate of drug-likeness (QED) is 0.0294. The van der Waals surface area contributed by atoms with Crippen LogP contribution in [0.3, 0.4) is 0 Å². The van der Waals surface area contributed by atoms with Crippen LogP contribution in [0.25, 0.3) is 0 Å². The van der Waals surface area contributed by atoms with Crippen LogP contribution in [0.4, 0.5) is 0 Å². The first kappa shape index (κ1) is 68.8. The lowest BCUT2D eigenvalue weighted by molar-refractivity contribution is -0.121. The van der Waals surface area contributed by atoms with E-state index in [9.17, 15) is 9.90 Å². The van der Waals surface area contributed by atoms with Gasteiger partial charge in [0, 0.05) is 13.0 Å². The van der Waals surface area contributed by atoms with Crippen LogP contribution in [-0.2, 0) is 38.4 Å². The molecule has 0 radical (unpaired) electrons. The molecule has 3 aromatic rings. The highest BCUT2D eigenvalue weighted by Gasteiger charge is 2.22. The smallest absolute Gasteiger partial charge is 0.220 e. The number of unbranched alkanes of at least 4 members (excludes halogenated alkanes) is 14. The van der Waals surface area contributed by atoms with Crippen molar-refractivity contribution in [1.82, 2.24) is 5.32 Å². The third-order valence-electron chi connectivity index (χ3n) is 13.5. The van der Waals surface area contributed by atoms with E-state index < -0.39 is 0 Å². The van der Waals surface area contributed by atoms with Gasteiger partial charge < -0.3 is 39.2 Å². The Morgan fingerprint density at radius 2 is 1.08 bits per heavy atom. The summed E-state index contributed by atoms with van der Waals surface area (Å²) >= 11 is 0. The number of allylic oxidation sites excluding steroid dienone is 6. The minimum Gasteiger partial charge on any atom is -0.508 e. The van der Waals surface area contributed by atoms with Crippen molar-refractivity contribution in [3.05, 3.63) is 159 Å². The number of hydrogen-bond donors (Lipinski definition) is 3. The second-order valence-corrected chi connectivity index (χ2v) is 20.7. The van der Waals surface area contributed by atoms with Crippen molar-refractivity contribution in [2.45, 2.75) is 205 Å². The van der Waals surface area contributed by atoms with Gasteiger partial charge in [-0.3, -0.25) is 4.79 Å². The molecule has 78 heavy (non-hydrogen) atoms. The van der Waals surface area contributed by atoms with Gasteiger partial charge in [-0.25, -0.2) is 0 Å². The van der Waals surface area contributed by atoms with Gasteiger partial charge in [0.2, 0.25) is 5.91 Å². The second-order valence-electron chi connectivity index (χ2n) is 20.7. The van der Waals surface area contributed by atoms with Gasteiger partial charge in [0.15, 0.2) is 11.5 Å². The molecule has 1 aliphatic carbocycles. The van der Waals surface area contributed by atoms with Gasteiger partial charge in [0.1, 0.15) is 11.5 Å². The summed E-state index contributed by atoms with van der Waals surface area (Å²) in [4.78, 5) is 11.8.